The summed E-state index contributed by atoms with van der Waals surface area (Å²) in [4.78, 5) is 33.5. The van der Waals surface area contributed by atoms with Crippen LogP contribution in [0.1, 0.15) is 46.7 Å². The van der Waals surface area contributed by atoms with Crippen molar-refractivity contribution in [3.8, 4) is 0 Å². The van der Waals surface area contributed by atoms with Gasteiger partial charge in [-0.1, -0.05) is 6.07 Å². The summed E-state index contributed by atoms with van der Waals surface area (Å²) in [6.45, 7) is 4.13. The van der Waals surface area contributed by atoms with Crippen molar-refractivity contribution in [3.63, 3.8) is 0 Å². The van der Waals surface area contributed by atoms with Gasteiger partial charge in [0.15, 0.2) is 0 Å². The lowest BCUT2D eigenvalue weighted by Crippen LogP contribution is -2.37. The number of aromatic nitrogens is 1. The number of hydrogen-bond donors (Lipinski definition) is 4. The van der Waals surface area contributed by atoms with Crippen LogP contribution >= 0.6 is 0 Å². The zero-order valence-corrected chi connectivity index (χ0v) is 16.7. The minimum atomic E-state index is -0.216. The van der Waals surface area contributed by atoms with Gasteiger partial charge in [0.1, 0.15) is 11.4 Å². The number of carbonyl (C=O) groups excluding carboxylic acids is 2. The quantitative estimate of drug-likeness (QED) is 0.327. The highest BCUT2D eigenvalue weighted by atomic mass is 16.2. The van der Waals surface area contributed by atoms with Crippen LogP contribution in [0, 0.1) is 0 Å². The zero-order chi connectivity index (χ0) is 20.8. The molecule has 158 valence electrons. The molecule has 0 spiro atoms. The van der Waals surface area contributed by atoms with Gasteiger partial charge in [0.05, 0.1) is 0 Å². The molecule has 9 heteroatoms. The standard InChI is InChI=1S/C19H35N7O2/c20-8-2-12-25(13-3-9-21)18(27)16-6-1-7-17(24-16)19(28)26(14-4-10-22)15-5-11-23/h1,6-7H,2-5,8-15,20-23H2. The Balaban J connectivity index is 2.97. The normalized spacial score (nSPS) is 10.7. The summed E-state index contributed by atoms with van der Waals surface area (Å²) in [5, 5.41) is 0. The van der Waals surface area contributed by atoms with Crippen LogP contribution in [0.25, 0.3) is 0 Å². The fourth-order valence-electron chi connectivity index (χ4n) is 2.76. The molecule has 1 rings (SSSR count). The number of amides is 2. The molecular weight excluding hydrogens is 358 g/mol. The number of hydrogen-bond acceptors (Lipinski definition) is 7. The van der Waals surface area contributed by atoms with Gasteiger partial charge >= 0.3 is 0 Å². The lowest BCUT2D eigenvalue weighted by molar-refractivity contribution is 0.0740. The van der Waals surface area contributed by atoms with Gasteiger partial charge in [-0.15, -0.1) is 0 Å². The van der Waals surface area contributed by atoms with E-state index in [1.807, 2.05) is 0 Å². The van der Waals surface area contributed by atoms with Gasteiger partial charge in [0, 0.05) is 26.2 Å². The van der Waals surface area contributed by atoms with E-state index >= 15 is 0 Å². The molecule has 28 heavy (non-hydrogen) atoms. The molecule has 0 atom stereocenters. The molecule has 0 aliphatic heterocycles. The minimum Gasteiger partial charge on any atom is -0.337 e. The predicted molar refractivity (Wildman–Crippen MR) is 111 cm³/mol. The largest absolute Gasteiger partial charge is 0.337 e. The summed E-state index contributed by atoms with van der Waals surface area (Å²) >= 11 is 0. The van der Waals surface area contributed by atoms with E-state index in [1.165, 1.54) is 0 Å². The van der Waals surface area contributed by atoms with E-state index in [-0.39, 0.29) is 23.2 Å². The molecule has 0 fully saturated rings. The van der Waals surface area contributed by atoms with Crippen molar-refractivity contribution in [2.45, 2.75) is 25.7 Å². The van der Waals surface area contributed by atoms with Crippen molar-refractivity contribution in [3.05, 3.63) is 29.6 Å². The summed E-state index contributed by atoms with van der Waals surface area (Å²) in [7, 11) is 0. The topological polar surface area (TPSA) is 158 Å². The molecule has 0 aliphatic carbocycles. The Morgan fingerprint density at radius 2 is 1.00 bits per heavy atom. The first-order valence-corrected chi connectivity index (χ1v) is 9.94. The van der Waals surface area contributed by atoms with Gasteiger partial charge in [0.25, 0.3) is 11.8 Å². The molecule has 1 aromatic heterocycles. The van der Waals surface area contributed by atoms with Gasteiger partial charge in [-0.05, 0) is 64.0 Å². The Morgan fingerprint density at radius 1 is 0.679 bits per heavy atom. The van der Waals surface area contributed by atoms with Crippen molar-refractivity contribution >= 4 is 11.8 Å². The summed E-state index contributed by atoms with van der Waals surface area (Å²) in [6.07, 6.45) is 2.78. The van der Waals surface area contributed by atoms with E-state index < -0.39 is 0 Å². The van der Waals surface area contributed by atoms with Gasteiger partial charge in [-0.3, -0.25) is 9.59 Å². The first-order chi connectivity index (χ1) is 13.6. The molecule has 1 aromatic rings. The highest BCUT2D eigenvalue weighted by Crippen LogP contribution is 2.09. The molecule has 0 bridgehead atoms. The van der Waals surface area contributed by atoms with Crippen LogP contribution in [-0.2, 0) is 0 Å². The van der Waals surface area contributed by atoms with Crippen molar-refractivity contribution in [1.82, 2.24) is 14.8 Å². The molecule has 0 radical (unpaired) electrons. The van der Waals surface area contributed by atoms with E-state index in [0.29, 0.717) is 78.0 Å². The molecule has 0 aromatic carbocycles. The molecular formula is C19H35N7O2. The Labute approximate surface area is 167 Å². The summed E-state index contributed by atoms with van der Waals surface area (Å²) < 4.78 is 0. The smallest absolute Gasteiger partial charge is 0.272 e. The number of rotatable bonds is 14. The van der Waals surface area contributed by atoms with Crippen LogP contribution in [0.3, 0.4) is 0 Å². The minimum absolute atomic E-state index is 0.216. The number of nitrogens with two attached hydrogens (primary N) is 4. The van der Waals surface area contributed by atoms with Crippen LogP contribution < -0.4 is 22.9 Å². The van der Waals surface area contributed by atoms with Crippen LogP contribution in [0.15, 0.2) is 18.2 Å². The van der Waals surface area contributed by atoms with E-state index in [2.05, 4.69) is 4.98 Å². The number of pyridine rings is 1. The second kappa shape index (κ2) is 14.0. The van der Waals surface area contributed by atoms with Crippen molar-refractivity contribution in [2.24, 2.45) is 22.9 Å². The van der Waals surface area contributed by atoms with Crippen molar-refractivity contribution in [1.29, 1.82) is 0 Å². The number of nitrogens with zero attached hydrogens (tertiary/aromatic N) is 3. The molecule has 0 unspecified atom stereocenters. The first kappa shape index (κ1) is 24.0. The Kier molecular flexibility index (Phi) is 12.0. The van der Waals surface area contributed by atoms with Crippen molar-refractivity contribution < 1.29 is 9.59 Å². The van der Waals surface area contributed by atoms with Crippen LogP contribution in [0.4, 0.5) is 0 Å². The van der Waals surface area contributed by atoms with E-state index in [0.717, 1.165) is 0 Å². The first-order valence-electron chi connectivity index (χ1n) is 9.94. The van der Waals surface area contributed by atoms with Gasteiger partial charge < -0.3 is 32.7 Å². The van der Waals surface area contributed by atoms with Gasteiger partial charge in [0.2, 0.25) is 0 Å². The molecule has 2 amide bonds. The van der Waals surface area contributed by atoms with E-state index in [4.69, 9.17) is 22.9 Å². The molecule has 0 saturated carbocycles. The van der Waals surface area contributed by atoms with Gasteiger partial charge in [-0.25, -0.2) is 4.98 Å². The molecule has 0 aliphatic rings. The Bertz CT molecular complexity index is 534. The summed E-state index contributed by atoms with van der Waals surface area (Å²) in [5.74, 6) is -0.431. The maximum Gasteiger partial charge on any atom is 0.272 e. The third-order valence-electron chi connectivity index (χ3n) is 4.29. The molecule has 9 nitrogen and oxygen atoms in total. The summed E-state index contributed by atoms with van der Waals surface area (Å²) in [5.41, 5.74) is 22.8. The van der Waals surface area contributed by atoms with Crippen LogP contribution in [0.5, 0.6) is 0 Å². The SMILES string of the molecule is NCCCN(CCCN)C(=O)c1cccc(C(=O)N(CCCN)CCCN)n1. The fourth-order valence-corrected chi connectivity index (χ4v) is 2.76. The van der Waals surface area contributed by atoms with Crippen LogP contribution in [-0.4, -0.2) is 79.0 Å². The maximum atomic E-state index is 12.9. The monoisotopic (exact) mass is 393 g/mol. The predicted octanol–water partition coefficient (Wildman–Crippen LogP) is -0.639. The van der Waals surface area contributed by atoms with Gasteiger partial charge in [-0.2, -0.15) is 0 Å². The third-order valence-corrected chi connectivity index (χ3v) is 4.29. The fraction of sp³-hybridized carbons (Fsp3) is 0.632. The Morgan fingerprint density at radius 3 is 1.29 bits per heavy atom. The lowest BCUT2D eigenvalue weighted by Gasteiger charge is -2.23. The Hall–Kier alpha value is -2.07. The molecule has 1 heterocycles. The maximum absolute atomic E-state index is 12.9. The highest BCUT2D eigenvalue weighted by Gasteiger charge is 2.20. The van der Waals surface area contributed by atoms with Crippen molar-refractivity contribution in [2.75, 3.05) is 52.4 Å². The summed E-state index contributed by atoms with van der Waals surface area (Å²) in [6, 6.07) is 4.93. The average molecular weight is 394 g/mol. The third kappa shape index (κ3) is 7.89. The molecule has 0 saturated heterocycles. The average Bonchev–Trinajstić information content (AvgIpc) is 2.73. The highest BCUT2D eigenvalue weighted by molar-refractivity contribution is 5.96. The van der Waals surface area contributed by atoms with E-state index in [9.17, 15) is 9.59 Å². The lowest BCUT2D eigenvalue weighted by atomic mass is 10.2. The second-order valence-electron chi connectivity index (χ2n) is 6.56. The second-order valence-corrected chi connectivity index (χ2v) is 6.56. The van der Waals surface area contributed by atoms with E-state index in [1.54, 1.807) is 28.0 Å². The zero-order valence-electron chi connectivity index (χ0n) is 16.7. The van der Waals surface area contributed by atoms with Crippen LogP contribution in [0.2, 0.25) is 0 Å². The number of carbonyl (C=O) groups is 2. The molecule has 8 N–H and O–H groups in total.